The van der Waals surface area contributed by atoms with Crippen LogP contribution in [-0.4, -0.2) is 59.6 Å². The highest BCUT2D eigenvalue weighted by atomic mass is 16.5. The van der Waals surface area contributed by atoms with Crippen molar-refractivity contribution in [2.75, 3.05) is 37.9 Å². The molecule has 3 heterocycles. The van der Waals surface area contributed by atoms with E-state index in [0.29, 0.717) is 47.5 Å². The van der Waals surface area contributed by atoms with Gasteiger partial charge in [-0.3, -0.25) is 10.2 Å². The molecular weight excluding hydrogens is 384 g/mol. The first-order valence-corrected chi connectivity index (χ1v) is 9.61. The zero-order valence-electron chi connectivity index (χ0n) is 17.0. The lowest BCUT2D eigenvalue weighted by atomic mass is 9.98. The number of anilines is 2. The zero-order chi connectivity index (χ0) is 21.3. The number of carbonyl (C=O) groups excluding carboxylic acids is 1. The number of allylic oxidation sites excluding steroid dienone is 2. The van der Waals surface area contributed by atoms with Gasteiger partial charge in [0, 0.05) is 38.0 Å². The van der Waals surface area contributed by atoms with Crippen molar-refractivity contribution in [3.05, 3.63) is 53.0 Å². The first kappa shape index (κ1) is 19.6. The first-order valence-electron chi connectivity index (χ1n) is 9.61. The molecule has 2 aliphatic rings. The number of carbonyl (C=O) groups is 1. The fourth-order valence-electron chi connectivity index (χ4n) is 3.38. The van der Waals surface area contributed by atoms with Crippen molar-refractivity contribution >= 4 is 28.9 Å². The molecule has 4 bridgehead atoms. The molecular formula is C20H24N8O2. The SMILES string of the molecule is CN/C=C1/C=C2C=C(Nc3cc(NC)n4ncc(c4n3)C(=O)N[C@H](C)COC2)C1=N. The van der Waals surface area contributed by atoms with Crippen LogP contribution < -0.4 is 21.3 Å². The van der Waals surface area contributed by atoms with Crippen LogP contribution in [0.4, 0.5) is 11.6 Å². The summed E-state index contributed by atoms with van der Waals surface area (Å²) in [6.45, 7) is 2.59. The van der Waals surface area contributed by atoms with Crippen LogP contribution in [0.3, 0.4) is 0 Å². The van der Waals surface area contributed by atoms with E-state index in [4.69, 9.17) is 10.1 Å². The number of aromatic nitrogens is 3. The minimum Gasteiger partial charge on any atom is -0.393 e. The van der Waals surface area contributed by atoms with Crippen molar-refractivity contribution < 1.29 is 9.53 Å². The van der Waals surface area contributed by atoms with E-state index >= 15 is 0 Å². The predicted molar refractivity (Wildman–Crippen MR) is 115 cm³/mol. The average Bonchev–Trinajstić information content (AvgIpc) is 3.14. The van der Waals surface area contributed by atoms with Gasteiger partial charge in [-0.2, -0.15) is 9.61 Å². The Morgan fingerprint density at radius 3 is 2.97 bits per heavy atom. The molecule has 0 spiro atoms. The van der Waals surface area contributed by atoms with Crippen LogP contribution in [0.5, 0.6) is 0 Å². The van der Waals surface area contributed by atoms with Crippen LogP contribution in [-0.2, 0) is 4.74 Å². The van der Waals surface area contributed by atoms with E-state index < -0.39 is 0 Å². The van der Waals surface area contributed by atoms with Crippen molar-refractivity contribution in [3.63, 3.8) is 0 Å². The van der Waals surface area contributed by atoms with E-state index in [1.165, 1.54) is 6.20 Å². The monoisotopic (exact) mass is 408 g/mol. The summed E-state index contributed by atoms with van der Waals surface area (Å²) >= 11 is 0. The van der Waals surface area contributed by atoms with Gasteiger partial charge in [-0.05, 0) is 24.6 Å². The second-order valence-electron chi connectivity index (χ2n) is 7.13. The van der Waals surface area contributed by atoms with E-state index in [-0.39, 0.29) is 11.9 Å². The highest BCUT2D eigenvalue weighted by Gasteiger charge is 2.22. The summed E-state index contributed by atoms with van der Waals surface area (Å²) in [5.74, 6) is 0.888. The quantitative estimate of drug-likeness (QED) is 0.506. The Labute approximate surface area is 173 Å². The van der Waals surface area contributed by atoms with Gasteiger partial charge in [0.25, 0.3) is 5.91 Å². The van der Waals surface area contributed by atoms with Crippen LogP contribution >= 0.6 is 0 Å². The van der Waals surface area contributed by atoms with Crippen LogP contribution in [0, 0.1) is 5.41 Å². The van der Waals surface area contributed by atoms with E-state index in [9.17, 15) is 4.79 Å². The molecule has 4 rings (SSSR count). The number of ether oxygens (including phenoxy) is 1. The molecule has 30 heavy (non-hydrogen) atoms. The summed E-state index contributed by atoms with van der Waals surface area (Å²) in [6, 6.07) is 1.58. The second kappa shape index (κ2) is 7.99. The number of rotatable bonds is 2. The van der Waals surface area contributed by atoms with Gasteiger partial charge in [-0.25, -0.2) is 4.98 Å². The Morgan fingerprint density at radius 1 is 1.37 bits per heavy atom. The normalized spacial score (nSPS) is 20.9. The van der Waals surface area contributed by atoms with Crippen molar-refractivity contribution in [1.29, 1.82) is 5.41 Å². The van der Waals surface area contributed by atoms with Gasteiger partial charge in [0.2, 0.25) is 0 Å². The summed E-state index contributed by atoms with van der Waals surface area (Å²) in [6.07, 6.45) is 7.06. The van der Waals surface area contributed by atoms with E-state index in [0.717, 1.165) is 11.1 Å². The molecule has 5 N–H and O–H groups in total. The summed E-state index contributed by atoms with van der Waals surface area (Å²) < 4.78 is 7.38. The molecule has 0 fully saturated rings. The Bertz CT molecular complexity index is 1110. The topological polar surface area (TPSA) is 128 Å². The number of hydrogen-bond donors (Lipinski definition) is 5. The third-order valence-electron chi connectivity index (χ3n) is 4.78. The zero-order valence-corrected chi connectivity index (χ0v) is 17.0. The van der Waals surface area contributed by atoms with Gasteiger partial charge in [0.05, 0.1) is 30.8 Å². The van der Waals surface area contributed by atoms with Crippen molar-refractivity contribution in [2.45, 2.75) is 13.0 Å². The molecule has 0 saturated carbocycles. The Morgan fingerprint density at radius 2 is 2.20 bits per heavy atom. The van der Waals surface area contributed by atoms with Crippen molar-refractivity contribution in [1.82, 2.24) is 25.2 Å². The van der Waals surface area contributed by atoms with Gasteiger partial charge in [0.1, 0.15) is 17.2 Å². The van der Waals surface area contributed by atoms with Gasteiger partial charge >= 0.3 is 0 Å². The largest absolute Gasteiger partial charge is 0.393 e. The minimum atomic E-state index is -0.268. The smallest absolute Gasteiger partial charge is 0.257 e. The van der Waals surface area contributed by atoms with E-state index in [1.807, 2.05) is 19.1 Å². The maximum Gasteiger partial charge on any atom is 0.257 e. The molecule has 1 amide bonds. The number of amides is 1. The fraction of sp³-hybridized carbons (Fsp3) is 0.300. The lowest BCUT2D eigenvalue weighted by molar-refractivity contribution is 0.0884. The van der Waals surface area contributed by atoms with Crippen LogP contribution in [0.15, 0.2) is 47.5 Å². The average molecular weight is 408 g/mol. The Hall–Kier alpha value is -3.66. The number of hydrogen-bond acceptors (Lipinski definition) is 8. The second-order valence-corrected chi connectivity index (χ2v) is 7.13. The summed E-state index contributed by atoms with van der Waals surface area (Å²) in [5.41, 5.74) is 3.33. The highest BCUT2D eigenvalue weighted by Crippen LogP contribution is 2.24. The number of nitrogens with one attached hydrogen (secondary N) is 5. The Kier molecular flexibility index (Phi) is 5.23. The van der Waals surface area contributed by atoms with Gasteiger partial charge < -0.3 is 26.0 Å². The first-order chi connectivity index (χ1) is 14.5. The molecule has 10 heteroatoms. The van der Waals surface area contributed by atoms with Gasteiger partial charge in [-0.1, -0.05) is 0 Å². The van der Waals surface area contributed by atoms with Crippen LogP contribution in [0.1, 0.15) is 17.3 Å². The van der Waals surface area contributed by atoms with E-state index in [1.54, 1.807) is 30.9 Å². The number of fused-ring (bicyclic) bond motifs is 2. The van der Waals surface area contributed by atoms with E-state index in [2.05, 4.69) is 31.3 Å². The number of nitrogens with zero attached hydrogens (tertiary/aromatic N) is 3. The molecule has 0 radical (unpaired) electrons. The molecule has 156 valence electrons. The Balaban J connectivity index is 1.85. The predicted octanol–water partition coefficient (Wildman–Crippen LogP) is 1.28. The molecule has 1 aliphatic carbocycles. The maximum absolute atomic E-state index is 12.8. The maximum atomic E-state index is 12.8. The molecule has 0 saturated heterocycles. The van der Waals surface area contributed by atoms with Crippen molar-refractivity contribution in [2.24, 2.45) is 0 Å². The molecule has 1 atom stereocenters. The summed E-state index contributed by atoms with van der Waals surface area (Å²) in [4.78, 5) is 17.4. The summed E-state index contributed by atoms with van der Waals surface area (Å²) in [7, 11) is 3.57. The lowest BCUT2D eigenvalue weighted by Crippen LogP contribution is -2.36. The van der Waals surface area contributed by atoms with Crippen molar-refractivity contribution in [3.8, 4) is 0 Å². The molecule has 0 unspecified atom stereocenters. The summed E-state index contributed by atoms with van der Waals surface area (Å²) in [5, 5.41) is 25.1. The minimum absolute atomic E-state index is 0.196. The lowest BCUT2D eigenvalue weighted by Gasteiger charge is -2.21. The highest BCUT2D eigenvalue weighted by molar-refractivity contribution is 6.15. The molecule has 2 aromatic heterocycles. The molecule has 0 aromatic carbocycles. The van der Waals surface area contributed by atoms with Crippen LogP contribution in [0.2, 0.25) is 0 Å². The third-order valence-corrected chi connectivity index (χ3v) is 4.78. The van der Waals surface area contributed by atoms with Gasteiger partial charge in [0.15, 0.2) is 5.65 Å². The fourth-order valence-corrected chi connectivity index (χ4v) is 3.38. The standard InChI is InChI=1S/C20H24N8O2/c1-11-9-30-10-12-4-13(7-22-2)18(21)15(5-12)26-16-6-17(23-3)28-19(27-16)14(8-24-28)20(29)25-11/h4-8,11,21-23H,9-10H2,1-3H3,(H,25,29)(H,26,27)/b13-7-,21-18?/t11-/m1/s1. The molecule has 10 nitrogen and oxygen atoms in total. The molecule has 2 aromatic rings. The van der Waals surface area contributed by atoms with Crippen LogP contribution in [0.25, 0.3) is 5.65 Å². The van der Waals surface area contributed by atoms with Gasteiger partial charge in [-0.15, -0.1) is 0 Å². The third kappa shape index (κ3) is 3.64. The molecule has 1 aliphatic heterocycles.